The highest BCUT2D eigenvalue weighted by Crippen LogP contribution is 2.34. The van der Waals surface area contributed by atoms with Crippen LogP contribution in [0.15, 0.2) is 30.3 Å². The van der Waals surface area contributed by atoms with Crippen LogP contribution in [0.2, 0.25) is 0 Å². The maximum atomic E-state index is 12.6. The monoisotopic (exact) mass is 264 g/mol. The molecule has 0 amide bonds. The molecule has 0 saturated heterocycles. The lowest BCUT2D eigenvalue weighted by atomic mass is 9.90. The van der Waals surface area contributed by atoms with Gasteiger partial charge in [-0.2, -0.15) is 0 Å². The quantitative estimate of drug-likeness (QED) is 0.802. The summed E-state index contributed by atoms with van der Waals surface area (Å²) in [7, 11) is 0. The summed E-state index contributed by atoms with van der Waals surface area (Å²) in [6, 6.07) is 9.17. The van der Waals surface area contributed by atoms with E-state index in [1.807, 2.05) is 44.2 Å². The third-order valence-corrected chi connectivity index (χ3v) is 3.21. The van der Waals surface area contributed by atoms with Crippen LogP contribution in [0.4, 0.5) is 0 Å². The fraction of sp³-hybridized carbons (Fsp3) is 0.533. The fourth-order valence-electron chi connectivity index (χ4n) is 2.27. The molecule has 1 aromatic carbocycles. The van der Waals surface area contributed by atoms with Gasteiger partial charge in [-0.15, -0.1) is 10.3 Å². The van der Waals surface area contributed by atoms with Crippen LogP contribution in [0.1, 0.15) is 45.7 Å². The van der Waals surface area contributed by atoms with Gasteiger partial charge < -0.3 is 5.11 Å². The van der Waals surface area contributed by atoms with E-state index in [1.54, 1.807) is 13.8 Å². The average molecular weight is 264 g/mol. The van der Waals surface area contributed by atoms with Crippen LogP contribution < -0.4 is 0 Å². The number of carboxylic acids is 1. The molecule has 0 aliphatic rings. The van der Waals surface area contributed by atoms with Gasteiger partial charge in [-0.05, 0) is 25.3 Å². The number of carbonyl (C=O) groups is 1. The second-order valence-corrected chi connectivity index (χ2v) is 5.81. The normalized spacial score (nSPS) is 13.8. The summed E-state index contributed by atoms with van der Waals surface area (Å²) in [5.74, 6) is -0.852. The second kappa shape index (κ2) is 6.17. The molecule has 0 aliphatic carbocycles. The van der Waals surface area contributed by atoms with E-state index in [-0.39, 0.29) is 18.4 Å². The molecule has 19 heavy (non-hydrogen) atoms. The third-order valence-electron chi connectivity index (χ3n) is 3.21. The Balaban J connectivity index is 3.03. The molecular formula is C15H22NO3. The van der Waals surface area contributed by atoms with Gasteiger partial charge in [0.25, 0.3) is 0 Å². The Hall–Kier alpha value is -1.39. The Morgan fingerprint density at radius 3 is 2.21 bits per heavy atom. The summed E-state index contributed by atoms with van der Waals surface area (Å²) in [6.07, 6.45) is -0.174. The van der Waals surface area contributed by atoms with E-state index in [2.05, 4.69) is 0 Å². The molecule has 0 bridgehead atoms. The second-order valence-electron chi connectivity index (χ2n) is 5.81. The maximum absolute atomic E-state index is 12.6. The zero-order valence-corrected chi connectivity index (χ0v) is 12.0. The third kappa shape index (κ3) is 4.04. The topological polar surface area (TPSA) is 60.4 Å². The molecule has 1 N–H and O–H groups in total. The first-order valence-corrected chi connectivity index (χ1v) is 6.49. The molecule has 0 aromatic heterocycles. The molecule has 4 nitrogen and oxygen atoms in total. The van der Waals surface area contributed by atoms with Crippen LogP contribution in [-0.4, -0.2) is 21.7 Å². The van der Waals surface area contributed by atoms with Gasteiger partial charge in [0, 0.05) is 0 Å². The highest BCUT2D eigenvalue weighted by Gasteiger charge is 2.37. The van der Waals surface area contributed by atoms with Crippen LogP contribution >= 0.6 is 0 Å². The summed E-state index contributed by atoms with van der Waals surface area (Å²) >= 11 is 0. The molecule has 1 aromatic rings. The van der Waals surface area contributed by atoms with Crippen molar-refractivity contribution >= 4 is 5.97 Å². The first kappa shape index (κ1) is 15.7. The lowest BCUT2D eigenvalue weighted by molar-refractivity contribution is -0.256. The molecule has 1 radical (unpaired) electrons. The number of rotatable bonds is 6. The molecule has 1 unspecified atom stereocenters. The standard InChI is InChI=1S/C15H22NO3/c1-11(2)14(12-8-6-5-7-9-12)16(19)15(3,4)10-13(17)18/h5-9,11,14H,10H2,1-4H3,(H,17,18). The molecule has 0 fully saturated rings. The first-order valence-electron chi connectivity index (χ1n) is 6.49. The zero-order chi connectivity index (χ0) is 14.6. The molecule has 0 saturated carbocycles. The molecule has 1 rings (SSSR count). The maximum Gasteiger partial charge on any atom is 0.305 e. The van der Waals surface area contributed by atoms with Crippen LogP contribution in [0, 0.1) is 5.92 Å². The summed E-state index contributed by atoms with van der Waals surface area (Å²) in [5.41, 5.74) is -0.0117. The van der Waals surface area contributed by atoms with Crippen LogP contribution in [-0.2, 0) is 10.0 Å². The Morgan fingerprint density at radius 1 is 1.26 bits per heavy atom. The largest absolute Gasteiger partial charge is 0.481 e. The van der Waals surface area contributed by atoms with E-state index in [1.165, 1.54) is 0 Å². The predicted molar refractivity (Wildman–Crippen MR) is 72.9 cm³/mol. The van der Waals surface area contributed by atoms with Crippen molar-refractivity contribution in [3.63, 3.8) is 0 Å². The molecule has 0 heterocycles. The van der Waals surface area contributed by atoms with E-state index in [0.717, 1.165) is 10.6 Å². The van der Waals surface area contributed by atoms with Gasteiger partial charge in [-0.25, -0.2) is 0 Å². The molecule has 0 spiro atoms. The van der Waals surface area contributed by atoms with Crippen molar-refractivity contribution in [2.24, 2.45) is 5.92 Å². The zero-order valence-electron chi connectivity index (χ0n) is 12.0. The van der Waals surface area contributed by atoms with Crippen molar-refractivity contribution in [3.05, 3.63) is 35.9 Å². The average Bonchev–Trinajstić information content (AvgIpc) is 2.28. The van der Waals surface area contributed by atoms with Gasteiger partial charge >= 0.3 is 5.97 Å². The minimum Gasteiger partial charge on any atom is -0.481 e. The van der Waals surface area contributed by atoms with Crippen molar-refractivity contribution in [2.75, 3.05) is 0 Å². The Morgan fingerprint density at radius 2 is 1.79 bits per heavy atom. The van der Waals surface area contributed by atoms with Crippen LogP contribution in [0.3, 0.4) is 0 Å². The highest BCUT2D eigenvalue weighted by atomic mass is 16.5. The first-order chi connectivity index (χ1) is 8.75. The number of benzene rings is 1. The number of hydrogen-bond donors (Lipinski definition) is 1. The van der Waals surface area contributed by atoms with Gasteiger partial charge in [0.05, 0.1) is 18.0 Å². The van der Waals surface area contributed by atoms with Crippen molar-refractivity contribution in [1.29, 1.82) is 0 Å². The number of nitrogens with zero attached hydrogens (tertiary/aromatic N) is 1. The molecule has 1 atom stereocenters. The number of hydrogen-bond acceptors (Lipinski definition) is 2. The fourth-order valence-corrected chi connectivity index (χ4v) is 2.27. The van der Waals surface area contributed by atoms with Gasteiger partial charge in [-0.1, -0.05) is 44.2 Å². The SMILES string of the molecule is CC(C)C(c1ccccc1)N([O])C(C)(C)CC(=O)O. The van der Waals surface area contributed by atoms with E-state index in [0.29, 0.717) is 0 Å². The number of carboxylic acid groups (broad SMARTS) is 1. The van der Waals surface area contributed by atoms with E-state index in [4.69, 9.17) is 5.11 Å². The molecule has 0 aliphatic heterocycles. The predicted octanol–water partition coefficient (Wildman–Crippen LogP) is 3.28. The summed E-state index contributed by atoms with van der Waals surface area (Å²) < 4.78 is 0. The van der Waals surface area contributed by atoms with E-state index in [9.17, 15) is 10.0 Å². The van der Waals surface area contributed by atoms with Crippen LogP contribution in [0.5, 0.6) is 0 Å². The number of hydroxylamine groups is 2. The highest BCUT2D eigenvalue weighted by molar-refractivity contribution is 5.68. The van der Waals surface area contributed by atoms with Crippen molar-refractivity contribution < 1.29 is 15.1 Å². The van der Waals surface area contributed by atoms with Crippen LogP contribution in [0.25, 0.3) is 0 Å². The Bertz CT molecular complexity index is 415. The Labute approximate surface area is 114 Å². The minimum atomic E-state index is -0.957. The molecule has 105 valence electrons. The molecule has 4 heteroatoms. The van der Waals surface area contributed by atoms with Crippen molar-refractivity contribution in [1.82, 2.24) is 5.06 Å². The van der Waals surface area contributed by atoms with Gasteiger partial charge in [-0.3, -0.25) is 4.79 Å². The van der Waals surface area contributed by atoms with E-state index < -0.39 is 11.5 Å². The van der Waals surface area contributed by atoms with Crippen molar-refractivity contribution in [2.45, 2.75) is 45.7 Å². The molecular weight excluding hydrogens is 242 g/mol. The van der Waals surface area contributed by atoms with Gasteiger partial charge in [0.15, 0.2) is 0 Å². The summed E-state index contributed by atoms with van der Waals surface area (Å²) in [6.45, 7) is 7.29. The Kier molecular flexibility index (Phi) is 5.09. The smallest absolute Gasteiger partial charge is 0.305 e. The minimum absolute atomic E-state index is 0.105. The summed E-state index contributed by atoms with van der Waals surface area (Å²) in [4.78, 5) is 10.9. The van der Waals surface area contributed by atoms with Gasteiger partial charge in [0.2, 0.25) is 0 Å². The number of aliphatic carboxylic acids is 1. The van der Waals surface area contributed by atoms with E-state index >= 15 is 0 Å². The van der Waals surface area contributed by atoms with Gasteiger partial charge in [0.1, 0.15) is 0 Å². The summed E-state index contributed by atoms with van der Waals surface area (Å²) in [5, 5.41) is 22.5. The van der Waals surface area contributed by atoms with Crippen molar-refractivity contribution in [3.8, 4) is 0 Å². The lowest BCUT2D eigenvalue weighted by Crippen LogP contribution is -2.45. The lowest BCUT2D eigenvalue weighted by Gasteiger charge is -2.38.